The second-order valence-corrected chi connectivity index (χ2v) is 6.92. The Hall–Kier alpha value is -2.94. The lowest BCUT2D eigenvalue weighted by atomic mass is 10.1. The van der Waals surface area contributed by atoms with Gasteiger partial charge in [-0.25, -0.2) is 9.59 Å². The maximum atomic E-state index is 12.1. The molecule has 8 nitrogen and oxygen atoms in total. The number of esters is 2. The first-order chi connectivity index (χ1) is 12.8. The van der Waals surface area contributed by atoms with Crippen molar-refractivity contribution in [2.45, 2.75) is 26.7 Å². The number of anilines is 1. The summed E-state index contributed by atoms with van der Waals surface area (Å²) in [6.45, 7) is 5.34. The Bertz CT molecular complexity index is 829. The summed E-state index contributed by atoms with van der Waals surface area (Å²) in [5, 5.41) is 13.9. The van der Waals surface area contributed by atoms with Crippen LogP contribution in [0.2, 0.25) is 0 Å². The maximum Gasteiger partial charge on any atom is 0.341 e. The molecule has 2 heterocycles. The highest BCUT2D eigenvalue weighted by atomic mass is 32.1. The van der Waals surface area contributed by atoms with Gasteiger partial charge in [-0.2, -0.15) is 4.73 Å². The molecule has 9 heteroatoms. The van der Waals surface area contributed by atoms with E-state index in [1.807, 2.05) is 13.8 Å². The Morgan fingerprint density at radius 1 is 1.19 bits per heavy atom. The van der Waals surface area contributed by atoms with Crippen molar-refractivity contribution in [3.63, 3.8) is 0 Å². The summed E-state index contributed by atoms with van der Waals surface area (Å²) < 4.78 is 10.5. The number of ether oxygens (including phenoxy) is 2. The molecule has 0 aromatic carbocycles. The lowest BCUT2D eigenvalue weighted by Crippen LogP contribution is -2.25. The molecule has 0 fully saturated rings. The summed E-state index contributed by atoms with van der Waals surface area (Å²) in [6.07, 6.45) is 2.31. The maximum absolute atomic E-state index is 12.1. The predicted octanol–water partition coefficient (Wildman–Crippen LogP) is 2.48. The smallest absolute Gasteiger partial charge is 0.341 e. The van der Waals surface area contributed by atoms with Crippen LogP contribution in [0.25, 0.3) is 0 Å². The first kappa shape index (κ1) is 20.4. The molecule has 1 N–H and O–H groups in total. The molecular formula is C18H20N2O6S. The number of pyridine rings is 1. The van der Waals surface area contributed by atoms with Crippen molar-refractivity contribution >= 4 is 34.2 Å². The molecule has 0 saturated heterocycles. The molecule has 2 aromatic heterocycles. The standard InChI is InChI=1S/C18H20N2O6S/c1-4-25-18(23)13-9-14(11(2)3)27-16(13)19-15(21)10-26-17(22)12-5-7-20(24)8-6-12/h5-9,11H,4,10H2,1-3H3,(H,19,21). The van der Waals surface area contributed by atoms with E-state index in [1.54, 1.807) is 13.0 Å². The zero-order chi connectivity index (χ0) is 20.0. The molecule has 0 atom stereocenters. The third-order valence-corrected chi connectivity index (χ3v) is 4.79. The van der Waals surface area contributed by atoms with Crippen LogP contribution >= 0.6 is 11.3 Å². The number of hydrogen-bond acceptors (Lipinski definition) is 7. The van der Waals surface area contributed by atoms with Gasteiger partial charge in [0, 0.05) is 17.0 Å². The second kappa shape index (κ2) is 9.13. The molecule has 0 aliphatic rings. The van der Waals surface area contributed by atoms with E-state index >= 15 is 0 Å². The highest BCUT2D eigenvalue weighted by molar-refractivity contribution is 7.16. The molecule has 0 aliphatic heterocycles. The van der Waals surface area contributed by atoms with Gasteiger partial charge < -0.3 is 20.0 Å². The first-order valence-corrected chi connectivity index (χ1v) is 9.10. The van der Waals surface area contributed by atoms with Crippen LogP contribution in [-0.2, 0) is 14.3 Å². The SMILES string of the molecule is CCOC(=O)c1cc(C(C)C)sc1NC(=O)COC(=O)c1cc[n+]([O-])cc1. The quantitative estimate of drug-likeness (QED) is 0.440. The van der Waals surface area contributed by atoms with E-state index in [9.17, 15) is 19.6 Å². The average molecular weight is 392 g/mol. The van der Waals surface area contributed by atoms with Crippen LogP contribution in [0.15, 0.2) is 30.6 Å². The van der Waals surface area contributed by atoms with Crippen LogP contribution in [0.4, 0.5) is 5.00 Å². The van der Waals surface area contributed by atoms with Gasteiger partial charge in [0.25, 0.3) is 5.91 Å². The van der Waals surface area contributed by atoms with E-state index in [2.05, 4.69) is 5.32 Å². The van der Waals surface area contributed by atoms with E-state index in [1.165, 1.54) is 23.5 Å². The fourth-order valence-electron chi connectivity index (χ4n) is 2.07. The number of thiophene rings is 1. The molecule has 0 spiro atoms. The molecule has 144 valence electrons. The largest absolute Gasteiger partial charge is 0.619 e. The highest BCUT2D eigenvalue weighted by Crippen LogP contribution is 2.33. The molecule has 1 amide bonds. The first-order valence-electron chi connectivity index (χ1n) is 8.28. The molecular weight excluding hydrogens is 372 g/mol. The zero-order valence-corrected chi connectivity index (χ0v) is 16.0. The van der Waals surface area contributed by atoms with E-state index in [0.717, 1.165) is 17.3 Å². The lowest BCUT2D eigenvalue weighted by Gasteiger charge is -2.07. The fraction of sp³-hybridized carbons (Fsp3) is 0.333. The lowest BCUT2D eigenvalue weighted by molar-refractivity contribution is -0.605. The van der Waals surface area contributed by atoms with Gasteiger partial charge in [0.15, 0.2) is 19.0 Å². The van der Waals surface area contributed by atoms with Crippen molar-refractivity contribution in [2.75, 3.05) is 18.5 Å². The number of rotatable bonds is 7. The van der Waals surface area contributed by atoms with Crippen molar-refractivity contribution in [1.82, 2.24) is 0 Å². The highest BCUT2D eigenvalue weighted by Gasteiger charge is 2.21. The van der Waals surface area contributed by atoms with Crippen molar-refractivity contribution in [3.8, 4) is 0 Å². The van der Waals surface area contributed by atoms with Gasteiger partial charge in [-0.15, -0.1) is 11.3 Å². The van der Waals surface area contributed by atoms with E-state index < -0.39 is 24.5 Å². The number of nitrogens with zero attached hydrogens (tertiary/aromatic N) is 1. The van der Waals surface area contributed by atoms with E-state index in [-0.39, 0.29) is 23.7 Å². The minimum atomic E-state index is -0.731. The molecule has 0 bridgehead atoms. The number of hydrogen-bond donors (Lipinski definition) is 1. The summed E-state index contributed by atoms with van der Waals surface area (Å²) in [5.41, 5.74) is 0.425. The average Bonchev–Trinajstić information content (AvgIpc) is 3.04. The van der Waals surface area contributed by atoms with Gasteiger partial charge in [-0.1, -0.05) is 13.8 Å². The molecule has 0 saturated carbocycles. The van der Waals surface area contributed by atoms with Crippen molar-refractivity contribution in [1.29, 1.82) is 0 Å². The summed E-state index contributed by atoms with van der Waals surface area (Å²) in [5.74, 6) is -1.66. The molecule has 0 unspecified atom stereocenters. The Morgan fingerprint density at radius 3 is 2.44 bits per heavy atom. The van der Waals surface area contributed by atoms with Crippen LogP contribution < -0.4 is 10.0 Å². The normalized spacial score (nSPS) is 10.5. The third kappa shape index (κ3) is 5.52. The third-order valence-electron chi connectivity index (χ3n) is 3.44. The van der Waals surface area contributed by atoms with Crippen LogP contribution in [0.5, 0.6) is 0 Å². The number of carbonyl (C=O) groups excluding carboxylic acids is 3. The monoisotopic (exact) mass is 392 g/mol. The number of carbonyl (C=O) groups is 3. The van der Waals surface area contributed by atoms with Crippen molar-refractivity contribution < 1.29 is 28.6 Å². The zero-order valence-electron chi connectivity index (χ0n) is 15.2. The predicted molar refractivity (Wildman–Crippen MR) is 98.7 cm³/mol. The summed E-state index contributed by atoms with van der Waals surface area (Å²) >= 11 is 1.27. The minimum absolute atomic E-state index is 0.153. The molecule has 2 rings (SSSR count). The Balaban J connectivity index is 2.03. The molecule has 0 aliphatic carbocycles. The van der Waals surface area contributed by atoms with Gasteiger partial charge >= 0.3 is 11.9 Å². The van der Waals surface area contributed by atoms with Gasteiger partial charge in [0.2, 0.25) is 0 Å². The topological polar surface area (TPSA) is 109 Å². The van der Waals surface area contributed by atoms with Crippen LogP contribution in [0.3, 0.4) is 0 Å². The number of nitrogens with one attached hydrogen (secondary N) is 1. The molecule has 2 aromatic rings. The molecule has 27 heavy (non-hydrogen) atoms. The Kier molecular flexibility index (Phi) is 6.89. The summed E-state index contributed by atoms with van der Waals surface area (Å²) in [4.78, 5) is 37.0. The Morgan fingerprint density at radius 2 is 1.85 bits per heavy atom. The summed E-state index contributed by atoms with van der Waals surface area (Å²) in [7, 11) is 0. The Labute approximate surface area is 160 Å². The number of aromatic nitrogens is 1. The minimum Gasteiger partial charge on any atom is -0.619 e. The van der Waals surface area contributed by atoms with Crippen LogP contribution in [0, 0.1) is 5.21 Å². The van der Waals surface area contributed by atoms with Gasteiger partial charge in [0.1, 0.15) is 5.00 Å². The van der Waals surface area contributed by atoms with Crippen LogP contribution in [-0.4, -0.2) is 31.1 Å². The van der Waals surface area contributed by atoms with Crippen molar-refractivity contribution in [3.05, 3.63) is 51.8 Å². The van der Waals surface area contributed by atoms with E-state index in [4.69, 9.17) is 9.47 Å². The second-order valence-electron chi connectivity index (χ2n) is 5.84. The van der Waals surface area contributed by atoms with Gasteiger partial charge in [-0.05, 0) is 18.9 Å². The van der Waals surface area contributed by atoms with Crippen LogP contribution in [0.1, 0.15) is 52.3 Å². The van der Waals surface area contributed by atoms with Crippen molar-refractivity contribution in [2.24, 2.45) is 0 Å². The number of amides is 1. The van der Waals surface area contributed by atoms with E-state index in [0.29, 0.717) is 9.73 Å². The fourth-order valence-corrected chi connectivity index (χ4v) is 3.14. The van der Waals surface area contributed by atoms with Gasteiger partial charge in [-0.3, -0.25) is 4.79 Å². The molecule has 0 radical (unpaired) electrons. The van der Waals surface area contributed by atoms with Gasteiger partial charge in [0.05, 0.1) is 17.7 Å². The summed E-state index contributed by atoms with van der Waals surface area (Å²) in [6, 6.07) is 4.28.